The van der Waals surface area contributed by atoms with Gasteiger partial charge in [-0.15, -0.1) is 0 Å². The molecule has 0 aliphatic carbocycles. The van der Waals surface area contributed by atoms with Crippen molar-refractivity contribution in [1.82, 2.24) is 15.2 Å². The quantitative estimate of drug-likeness (QED) is 0.749. The molecule has 0 spiro atoms. The molecule has 2 atom stereocenters. The molecule has 2 N–H and O–H groups in total. The molecule has 1 saturated heterocycles. The summed E-state index contributed by atoms with van der Waals surface area (Å²) in [5.41, 5.74) is 0. The van der Waals surface area contributed by atoms with Crippen LogP contribution in [0.1, 0.15) is 13.3 Å². The van der Waals surface area contributed by atoms with Gasteiger partial charge < -0.3 is 15.4 Å². The highest BCUT2D eigenvalue weighted by atomic mass is 16.5. The molecule has 0 radical (unpaired) electrons. The first kappa shape index (κ1) is 16.7. The average molecular weight is 306 g/mol. The van der Waals surface area contributed by atoms with Gasteiger partial charge in [-0.2, -0.15) is 0 Å². The van der Waals surface area contributed by atoms with Crippen LogP contribution in [0.15, 0.2) is 24.4 Å². The number of nitrogens with zero attached hydrogens (tertiary/aromatic N) is 2. The highest BCUT2D eigenvalue weighted by molar-refractivity contribution is 5.78. The molecule has 2 rings (SSSR count). The van der Waals surface area contributed by atoms with Crippen LogP contribution in [0.3, 0.4) is 0 Å². The van der Waals surface area contributed by atoms with E-state index in [4.69, 9.17) is 4.74 Å². The predicted molar refractivity (Wildman–Crippen MR) is 86.8 cm³/mol. The van der Waals surface area contributed by atoms with Crippen LogP contribution in [-0.2, 0) is 9.53 Å². The summed E-state index contributed by atoms with van der Waals surface area (Å²) in [7, 11) is 1.64. The Bertz CT molecular complexity index is 455. The van der Waals surface area contributed by atoms with E-state index in [1.807, 2.05) is 25.1 Å². The van der Waals surface area contributed by atoms with E-state index in [0.717, 1.165) is 31.9 Å². The molecular weight excluding hydrogens is 280 g/mol. The first-order valence-corrected chi connectivity index (χ1v) is 7.83. The average Bonchev–Trinajstić information content (AvgIpc) is 2.93. The van der Waals surface area contributed by atoms with E-state index in [1.165, 1.54) is 0 Å². The normalized spacial score (nSPS) is 19.8. The molecule has 6 nitrogen and oxygen atoms in total. The summed E-state index contributed by atoms with van der Waals surface area (Å²) in [6, 6.07) is 5.91. The number of amides is 1. The number of carbonyl (C=O) groups is 1. The van der Waals surface area contributed by atoms with Crippen molar-refractivity contribution in [2.75, 3.05) is 45.2 Å². The molecular formula is C16H26N4O2. The maximum atomic E-state index is 11.9. The zero-order valence-electron chi connectivity index (χ0n) is 13.4. The number of aromatic nitrogens is 1. The van der Waals surface area contributed by atoms with Gasteiger partial charge in [-0.05, 0) is 37.9 Å². The number of hydrogen-bond acceptors (Lipinski definition) is 5. The van der Waals surface area contributed by atoms with Gasteiger partial charge in [0.25, 0.3) is 0 Å². The summed E-state index contributed by atoms with van der Waals surface area (Å²) in [5, 5.41) is 6.30. The largest absolute Gasteiger partial charge is 0.383 e. The van der Waals surface area contributed by atoms with Gasteiger partial charge in [0.05, 0.1) is 13.2 Å². The van der Waals surface area contributed by atoms with Gasteiger partial charge in [-0.3, -0.25) is 9.69 Å². The molecule has 1 fully saturated rings. The van der Waals surface area contributed by atoms with Crippen LogP contribution in [0.5, 0.6) is 0 Å². The molecule has 2 unspecified atom stereocenters. The third-order valence-electron chi connectivity index (χ3n) is 3.80. The standard InChI is InChI=1S/C16H26N4O2/c1-13(12-22-2)19-16(21)11-20-8-6-14(10-20)9-18-15-5-3-4-7-17-15/h3-5,7,13-14H,6,8-12H2,1-2H3,(H,17,18)(H,19,21). The molecule has 122 valence electrons. The summed E-state index contributed by atoms with van der Waals surface area (Å²) < 4.78 is 5.02. The Hall–Kier alpha value is -1.66. The fourth-order valence-corrected chi connectivity index (χ4v) is 2.75. The Balaban J connectivity index is 1.66. The molecule has 0 bridgehead atoms. The highest BCUT2D eigenvalue weighted by Gasteiger charge is 2.24. The summed E-state index contributed by atoms with van der Waals surface area (Å²) in [5.74, 6) is 1.54. The number of nitrogens with one attached hydrogen (secondary N) is 2. The summed E-state index contributed by atoms with van der Waals surface area (Å²) in [6.07, 6.45) is 2.90. The van der Waals surface area contributed by atoms with Gasteiger partial charge in [0.2, 0.25) is 5.91 Å². The van der Waals surface area contributed by atoms with Gasteiger partial charge in [0.1, 0.15) is 5.82 Å². The summed E-state index contributed by atoms with van der Waals surface area (Å²) in [6.45, 7) is 5.78. The van der Waals surface area contributed by atoms with E-state index in [-0.39, 0.29) is 11.9 Å². The Morgan fingerprint density at radius 2 is 2.41 bits per heavy atom. The van der Waals surface area contributed by atoms with Crippen LogP contribution in [-0.4, -0.2) is 61.7 Å². The molecule has 22 heavy (non-hydrogen) atoms. The third kappa shape index (κ3) is 5.61. The van der Waals surface area contributed by atoms with Gasteiger partial charge >= 0.3 is 0 Å². The zero-order valence-corrected chi connectivity index (χ0v) is 13.4. The number of rotatable bonds is 8. The minimum Gasteiger partial charge on any atom is -0.383 e. The second-order valence-corrected chi connectivity index (χ2v) is 5.91. The van der Waals surface area contributed by atoms with Crippen molar-refractivity contribution in [1.29, 1.82) is 0 Å². The minimum atomic E-state index is 0.0571. The molecule has 1 aromatic rings. The Labute approximate surface area is 132 Å². The van der Waals surface area contributed by atoms with Crippen LogP contribution in [0.25, 0.3) is 0 Å². The van der Waals surface area contributed by atoms with Gasteiger partial charge in [0.15, 0.2) is 0 Å². The predicted octanol–water partition coefficient (Wildman–Crippen LogP) is 0.967. The first-order chi connectivity index (χ1) is 10.7. The van der Waals surface area contributed by atoms with E-state index in [0.29, 0.717) is 19.1 Å². The summed E-state index contributed by atoms with van der Waals surface area (Å²) in [4.78, 5) is 18.4. The van der Waals surface area contributed by atoms with Crippen LogP contribution in [0.2, 0.25) is 0 Å². The topological polar surface area (TPSA) is 66.5 Å². The SMILES string of the molecule is COCC(C)NC(=O)CN1CCC(CNc2ccccn2)C1. The molecule has 6 heteroatoms. The maximum absolute atomic E-state index is 11.9. The van der Waals surface area contributed by atoms with E-state index < -0.39 is 0 Å². The van der Waals surface area contributed by atoms with E-state index >= 15 is 0 Å². The number of anilines is 1. The van der Waals surface area contributed by atoms with Gasteiger partial charge in [0, 0.05) is 32.4 Å². The number of hydrogen-bond donors (Lipinski definition) is 2. The maximum Gasteiger partial charge on any atom is 0.234 e. The molecule has 1 amide bonds. The molecule has 1 aromatic heterocycles. The lowest BCUT2D eigenvalue weighted by molar-refractivity contribution is -0.123. The molecule has 0 saturated carbocycles. The lowest BCUT2D eigenvalue weighted by Crippen LogP contribution is -2.42. The van der Waals surface area contributed by atoms with Gasteiger partial charge in [-0.25, -0.2) is 4.98 Å². The Kier molecular flexibility index (Phi) is 6.61. The van der Waals surface area contributed by atoms with Crippen LogP contribution in [0.4, 0.5) is 5.82 Å². The van der Waals surface area contributed by atoms with Crippen molar-refractivity contribution in [2.24, 2.45) is 5.92 Å². The zero-order chi connectivity index (χ0) is 15.8. The van der Waals surface area contributed by atoms with E-state index in [1.54, 1.807) is 13.3 Å². The third-order valence-corrected chi connectivity index (χ3v) is 3.80. The summed E-state index contributed by atoms with van der Waals surface area (Å²) >= 11 is 0. The van der Waals surface area contributed by atoms with Crippen molar-refractivity contribution in [3.8, 4) is 0 Å². The lowest BCUT2D eigenvalue weighted by Gasteiger charge is -2.18. The fraction of sp³-hybridized carbons (Fsp3) is 0.625. The van der Waals surface area contributed by atoms with Gasteiger partial charge in [-0.1, -0.05) is 6.07 Å². The van der Waals surface area contributed by atoms with Crippen LogP contribution < -0.4 is 10.6 Å². The van der Waals surface area contributed by atoms with Crippen molar-refractivity contribution in [2.45, 2.75) is 19.4 Å². The number of likely N-dealkylation sites (tertiary alicyclic amines) is 1. The molecule has 1 aliphatic rings. The van der Waals surface area contributed by atoms with Crippen molar-refractivity contribution < 1.29 is 9.53 Å². The van der Waals surface area contributed by atoms with E-state index in [9.17, 15) is 4.79 Å². The number of methoxy groups -OCH3 is 1. The second kappa shape index (κ2) is 8.70. The number of pyridine rings is 1. The van der Waals surface area contributed by atoms with Crippen molar-refractivity contribution >= 4 is 11.7 Å². The van der Waals surface area contributed by atoms with Crippen LogP contribution in [0, 0.1) is 5.92 Å². The monoisotopic (exact) mass is 306 g/mol. The Morgan fingerprint density at radius 3 is 3.14 bits per heavy atom. The number of ether oxygens (including phenoxy) is 1. The smallest absolute Gasteiger partial charge is 0.234 e. The lowest BCUT2D eigenvalue weighted by atomic mass is 10.1. The van der Waals surface area contributed by atoms with Crippen molar-refractivity contribution in [3.63, 3.8) is 0 Å². The molecule has 1 aliphatic heterocycles. The number of carbonyl (C=O) groups excluding carboxylic acids is 1. The molecule has 0 aromatic carbocycles. The highest BCUT2D eigenvalue weighted by Crippen LogP contribution is 2.16. The second-order valence-electron chi connectivity index (χ2n) is 5.91. The van der Waals surface area contributed by atoms with E-state index in [2.05, 4.69) is 20.5 Å². The first-order valence-electron chi connectivity index (χ1n) is 7.83. The molecule has 2 heterocycles. The fourth-order valence-electron chi connectivity index (χ4n) is 2.75. The Morgan fingerprint density at radius 1 is 1.55 bits per heavy atom. The van der Waals surface area contributed by atoms with Crippen molar-refractivity contribution in [3.05, 3.63) is 24.4 Å². The van der Waals surface area contributed by atoms with Crippen LogP contribution >= 0.6 is 0 Å². The minimum absolute atomic E-state index is 0.0571.